The summed E-state index contributed by atoms with van der Waals surface area (Å²) in [6, 6.07) is 6.76. The molecule has 1 heterocycles. The van der Waals surface area contributed by atoms with E-state index in [1.807, 2.05) is 6.92 Å². The summed E-state index contributed by atoms with van der Waals surface area (Å²) in [5, 5.41) is 11.5. The average molecular weight is 336 g/mol. The standard InChI is InChI=1S/C16H20N2O6/c1-2-23-12-6-4-3-5-11(12)15(20)17-9-14(19)18-7-8-24-13(10-18)16(21)22/h3-6,13H,2,7-10H2,1H3,(H,17,20)(H,21,22). The van der Waals surface area contributed by atoms with Crippen molar-refractivity contribution in [2.45, 2.75) is 13.0 Å². The van der Waals surface area contributed by atoms with Crippen molar-refractivity contribution in [3.63, 3.8) is 0 Å². The lowest BCUT2D eigenvalue weighted by atomic mass is 10.2. The van der Waals surface area contributed by atoms with E-state index < -0.39 is 18.0 Å². The number of hydrogen-bond acceptors (Lipinski definition) is 5. The van der Waals surface area contributed by atoms with E-state index in [2.05, 4.69) is 5.32 Å². The number of benzene rings is 1. The van der Waals surface area contributed by atoms with Crippen LogP contribution in [0.15, 0.2) is 24.3 Å². The van der Waals surface area contributed by atoms with E-state index in [1.165, 1.54) is 4.90 Å². The minimum Gasteiger partial charge on any atom is -0.493 e. The minimum absolute atomic E-state index is 0.0282. The third-order valence-electron chi connectivity index (χ3n) is 3.53. The van der Waals surface area contributed by atoms with Crippen LogP contribution in [0.2, 0.25) is 0 Å². The number of carbonyl (C=O) groups is 3. The minimum atomic E-state index is -1.11. The van der Waals surface area contributed by atoms with Crippen LogP contribution in [-0.2, 0) is 14.3 Å². The highest BCUT2D eigenvalue weighted by atomic mass is 16.5. The number of carboxylic acids is 1. The number of morpholine rings is 1. The number of aliphatic carboxylic acids is 1. The zero-order valence-corrected chi connectivity index (χ0v) is 13.4. The van der Waals surface area contributed by atoms with Crippen LogP contribution >= 0.6 is 0 Å². The van der Waals surface area contributed by atoms with Crippen LogP contribution in [0.25, 0.3) is 0 Å². The Morgan fingerprint density at radius 2 is 2.12 bits per heavy atom. The van der Waals surface area contributed by atoms with Crippen LogP contribution in [0.1, 0.15) is 17.3 Å². The molecule has 1 saturated heterocycles. The Hall–Kier alpha value is -2.61. The average Bonchev–Trinajstić information content (AvgIpc) is 2.60. The maximum atomic E-state index is 12.2. The SMILES string of the molecule is CCOc1ccccc1C(=O)NCC(=O)N1CCOC(C(=O)O)C1. The van der Waals surface area contributed by atoms with Crippen LogP contribution in [-0.4, -0.2) is 66.7 Å². The van der Waals surface area contributed by atoms with Gasteiger partial charge in [0.1, 0.15) is 5.75 Å². The molecule has 0 radical (unpaired) electrons. The number of carboxylic acid groups (broad SMARTS) is 1. The van der Waals surface area contributed by atoms with E-state index >= 15 is 0 Å². The molecule has 1 aromatic carbocycles. The topological polar surface area (TPSA) is 105 Å². The molecule has 24 heavy (non-hydrogen) atoms. The van der Waals surface area contributed by atoms with Gasteiger partial charge < -0.3 is 24.8 Å². The molecule has 2 amide bonds. The number of hydrogen-bond donors (Lipinski definition) is 2. The molecule has 1 atom stereocenters. The zero-order valence-electron chi connectivity index (χ0n) is 13.4. The van der Waals surface area contributed by atoms with Gasteiger partial charge in [-0.2, -0.15) is 0 Å². The van der Waals surface area contributed by atoms with Gasteiger partial charge >= 0.3 is 5.97 Å². The summed E-state index contributed by atoms with van der Waals surface area (Å²) in [6.45, 7) is 2.45. The predicted molar refractivity (Wildman–Crippen MR) is 83.9 cm³/mol. The molecule has 130 valence electrons. The number of nitrogens with one attached hydrogen (secondary N) is 1. The van der Waals surface area contributed by atoms with Gasteiger partial charge in [0, 0.05) is 6.54 Å². The molecule has 0 aromatic heterocycles. The normalized spacial score (nSPS) is 17.2. The summed E-state index contributed by atoms with van der Waals surface area (Å²) in [6.07, 6.45) is -1.03. The molecule has 0 spiro atoms. The van der Waals surface area contributed by atoms with Crippen LogP contribution in [0.5, 0.6) is 5.75 Å². The van der Waals surface area contributed by atoms with Crippen molar-refractivity contribution < 1.29 is 29.0 Å². The van der Waals surface area contributed by atoms with Gasteiger partial charge in [-0.3, -0.25) is 9.59 Å². The first-order valence-electron chi connectivity index (χ1n) is 7.65. The van der Waals surface area contributed by atoms with Crippen molar-refractivity contribution in [3.05, 3.63) is 29.8 Å². The molecule has 0 aliphatic carbocycles. The first kappa shape index (κ1) is 17.7. The van der Waals surface area contributed by atoms with E-state index in [-0.39, 0.29) is 25.6 Å². The lowest BCUT2D eigenvalue weighted by Gasteiger charge is -2.30. The van der Waals surface area contributed by atoms with Gasteiger partial charge in [-0.05, 0) is 19.1 Å². The van der Waals surface area contributed by atoms with Gasteiger partial charge in [0.25, 0.3) is 5.91 Å². The van der Waals surface area contributed by atoms with Crippen LogP contribution in [0.4, 0.5) is 0 Å². The first-order chi connectivity index (χ1) is 11.5. The molecule has 0 bridgehead atoms. The maximum absolute atomic E-state index is 12.2. The molecular weight excluding hydrogens is 316 g/mol. The number of carbonyl (C=O) groups excluding carboxylic acids is 2. The Morgan fingerprint density at radius 3 is 2.83 bits per heavy atom. The third kappa shape index (κ3) is 4.45. The fourth-order valence-electron chi connectivity index (χ4n) is 2.32. The Balaban J connectivity index is 1.92. The number of ether oxygens (including phenoxy) is 2. The van der Waals surface area contributed by atoms with Gasteiger partial charge in [0.2, 0.25) is 5.91 Å². The van der Waals surface area contributed by atoms with E-state index in [9.17, 15) is 14.4 Å². The molecular formula is C16H20N2O6. The summed E-state index contributed by atoms with van der Waals surface area (Å²) < 4.78 is 10.4. The molecule has 8 nitrogen and oxygen atoms in total. The third-order valence-corrected chi connectivity index (χ3v) is 3.53. The molecule has 1 aromatic rings. The van der Waals surface area contributed by atoms with Crippen molar-refractivity contribution in [1.82, 2.24) is 10.2 Å². The largest absolute Gasteiger partial charge is 0.493 e. The second-order valence-electron chi connectivity index (χ2n) is 5.15. The molecule has 1 fully saturated rings. The highest BCUT2D eigenvalue weighted by Crippen LogP contribution is 2.17. The van der Waals surface area contributed by atoms with Gasteiger partial charge in [0.05, 0.1) is 31.9 Å². The van der Waals surface area contributed by atoms with Crippen molar-refractivity contribution in [1.29, 1.82) is 0 Å². The smallest absolute Gasteiger partial charge is 0.334 e. The fraction of sp³-hybridized carbons (Fsp3) is 0.438. The summed E-state index contributed by atoms with van der Waals surface area (Å²) in [4.78, 5) is 36.7. The lowest BCUT2D eigenvalue weighted by Crippen LogP contribution is -2.51. The van der Waals surface area contributed by atoms with E-state index in [4.69, 9.17) is 14.6 Å². The van der Waals surface area contributed by atoms with Crippen LogP contribution in [0, 0.1) is 0 Å². The summed E-state index contributed by atoms with van der Waals surface area (Å²) in [5.74, 6) is -1.44. The van der Waals surface area contributed by atoms with E-state index in [0.717, 1.165) is 0 Å². The molecule has 8 heteroatoms. The molecule has 2 rings (SSSR count). The molecule has 1 unspecified atom stereocenters. The summed E-state index contributed by atoms with van der Waals surface area (Å²) in [7, 11) is 0. The summed E-state index contributed by atoms with van der Waals surface area (Å²) >= 11 is 0. The van der Waals surface area contributed by atoms with Gasteiger partial charge in [-0.1, -0.05) is 12.1 Å². The number of amides is 2. The van der Waals surface area contributed by atoms with Gasteiger partial charge in [-0.25, -0.2) is 4.79 Å². The Kier molecular flexibility index (Phi) is 6.14. The number of para-hydroxylation sites is 1. The summed E-state index contributed by atoms with van der Waals surface area (Å²) in [5.41, 5.74) is 0.345. The molecule has 1 aliphatic rings. The molecule has 1 aliphatic heterocycles. The fourth-order valence-corrected chi connectivity index (χ4v) is 2.32. The number of nitrogens with zero attached hydrogens (tertiary/aromatic N) is 1. The van der Waals surface area contributed by atoms with Crippen molar-refractivity contribution in [2.75, 3.05) is 32.8 Å². The van der Waals surface area contributed by atoms with Crippen molar-refractivity contribution >= 4 is 17.8 Å². The lowest BCUT2D eigenvalue weighted by molar-refractivity contribution is -0.159. The van der Waals surface area contributed by atoms with Crippen molar-refractivity contribution in [3.8, 4) is 5.75 Å². The van der Waals surface area contributed by atoms with Crippen molar-refractivity contribution in [2.24, 2.45) is 0 Å². The van der Waals surface area contributed by atoms with Gasteiger partial charge in [0.15, 0.2) is 6.10 Å². The monoisotopic (exact) mass is 336 g/mol. The second kappa shape index (κ2) is 8.30. The first-order valence-corrected chi connectivity index (χ1v) is 7.65. The quantitative estimate of drug-likeness (QED) is 0.765. The maximum Gasteiger partial charge on any atom is 0.334 e. The van der Waals surface area contributed by atoms with Crippen LogP contribution < -0.4 is 10.1 Å². The molecule has 2 N–H and O–H groups in total. The van der Waals surface area contributed by atoms with Crippen LogP contribution in [0.3, 0.4) is 0 Å². The highest BCUT2D eigenvalue weighted by Gasteiger charge is 2.29. The van der Waals surface area contributed by atoms with E-state index in [0.29, 0.717) is 24.5 Å². The van der Waals surface area contributed by atoms with E-state index in [1.54, 1.807) is 24.3 Å². The second-order valence-corrected chi connectivity index (χ2v) is 5.15. The Bertz CT molecular complexity index is 618. The number of rotatable bonds is 6. The predicted octanol–water partition coefficient (Wildman–Crippen LogP) is 0.127. The molecule has 0 saturated carbocycles. The zero-order chi connectivity index (χ0) is 17.5. The Labute approximate surface area is 139 Å². The van der Waals surface area contributed by atoms with Gasteiger partial charge in [-0.15, -0.1) is 0 Å². The highest BCUT2D eigenvalue weighted by molar-refractivity contribution is 5.98. The Morgan fingerprint density at radius 1 is 1.38 bits per heavy atom.